The molecule has 1 atom stereocenters. The number of likely N-dealkylation sites (tertiary alicyclic amines) is 1. The molecule has 1 rings (SSSR count). The zero-order valence-electron chi connectivity index (χ0n) is 9.15. The van der Waals surface area contributed by atoms with Crippen molar-refractivity contribution in [2.45, 2.75) is 19.8 Å². The maximum Gasteiger partial charge on any atom is 0.235 e. The maximum atomic E-state index is 11.6. The first-order valence-electron chi connectivity index (χ1n) is 5.37. The molecule has 1 fully saturated rings. The molecule has 1 N–H and O–H groups in total. The van der Waals surface area contributed by atoms with Crippen LogP contribution in [-0.2, 0) is 15.6 Å². The van der Waals surface area contributed by atoms with Gasteiger partial charge in [-0.05, 0) is 18.8 Å². The molecule has 1 heterocycles. The highest BCUT2D eigenvalue weighted by molar-refractivity contribution is 7.85. The second kappa shape index (κ2) is 6.23. The molecule has 1 aliphatic heterocycles. The van der Waals surface area contributed by atoms with Gasteiger partial charge in [-0.15, -0.1) is 0 Å². The fourth-order valence-electron chi connectivity index (χ4n) is 1.66. The van der Waals surface area contributed by atoms with Crippen molar-refractivity contribution in [1.29, 1.82) is 0 Å². The van der Waals surface area contributed by atoms with Gasteiger partial charge in [0.15, 0.2) is 0 Å². The van der Waals surface area contributed by atoms with Crippen LogP contribution in [0.1, 0.15) is 19.8 Å². The third-order valence-electron chi connectivity index (χ3n) is 2.74. The first kappa shape index (κ1) is 12.6. The lowest BCUT2D eigenvalue weighted by Crippen LogP contribution is -2.40. The standard InChI is InChI=1S/C10H19NO3S/c1-9-2-4-11(5-3-9)10(13)8-15(14)7-6-12/h9,12H,2-8H2,1H3. The Morgan fingerprint density at radius 3 is 2.60 bits per heavy atom. The van der Waals surface area contributed by atoms with Crippen molar-refractivity contribution >= 4 is 16.7 Å². The molecule has 1 amide bonds. The van der Waals surface area contributed by atoms with Gasteiger partial charge >= 0.3 is 0 Å². The summed E-state index contributed by atoms with van der Waals surface area (Å²) in [5.74, 6) is 0.927. The lowest BCUT2D eigenvalue weighted by molar-refractivity contribution is -0.129. The molecule has 1 unspecified atom stereocenters. The highest BCUT2D eigenvalue weighted by Gasteiger charge is 2.21. The molecule has 5 heteroatoms. The van der Waals surface area contributed by atoms with Crippen LogP contribution in [0.25, 0.3) is 0 Å². The fraction of sp³-hybridized carbons (Fsp3) is 0.900. The number of carbonyl (C=O) groups excluding carboxylic acids is 1. The van der Waals surface area contributed by atoms with E-state index in [4.69, 9.17) is 5.11 Å². The van der Waals surface area contributed by atoms with Crippen molar-refractivity contribution in [2.24, 2.45) is 5.92 Å². The molecule has 15 heavy (non-hydrogen) atoms. The van der Waals surface area contributed by atoms with E-state index in [9.17, 15) is 9.00 Å². The second-order valence-electron chi connectivity index (χ2n) is 4.08. The summed E-state index contributed by atoms with van der Waals surface area (Å²) >= 11 is 0. The van der Waals surface area contributed by atoms with Crippen LogP contribution in [0.15, 0.2) is 0 Å². The largest absolute Gasteiger partial charge is 0.395 e. The summed E-state index contributed by atoms with van der Waals surface area (Å²) in [4.78, 5) is 13.4. The predicted octanol–water partition coefficient (Wildman–Crippen LogP) is -0.0141. The van der Waals surface area contributed by atoms with Crippen LogP contribution in [0.4, 0.5) is 0 Å². The first-order chi connectivity index (χ1) is 7.13. The minimum absolute atomic E-state index is 0.0336. The number of nitrogens with zero attached hydrogens (tertiary/aromatic N) is 1. The van der Waals surface area contributed by atoms with Crippen LogP contribution in [0.2, 0.25) is 0 Å². The third kappa shape index (κ3) is 4.30. The monoisotopic (exact) mass is 233 g/mol. The first-order valence-corrected chi connectivity index (χ1v) is 6.86. The van der Waals surface area contributed by atoms with E-state index < -0.39 is 10.8 Å². The Bertz CT molecular complexity index is 237. The molecule has 0 aromatic heterocycles. The predicted molar refractivity (Wildman–Crippen MR) is 59.9 cm³/mol. The molecular weight excluding hydrogens is 214 g/mol. The van der Waals surface area contributed by atoms with Crippen molar-refractivity contribution in [2.75, 3.05) is 31.2 Å². The van der Waals surface area contributed by atoms with Crippen LogP contribution >= 0.6 is 0 Å². The van der Waals surface area contributed by atoms with Crippen LogP contribution in [0.5, 0.6) is 0 Å². The van der Waals surface area contributed by atoms with E-state index in [1.165, 1.54) is 0 Å². The highest BCUT2D eigenvalue weighted by Crippen LogP contribution is 2.15. The molecule has 0 aromatic rings. The molecule has 0 spiro atoms. The van der Waals surface area contributed by atoms with Crippen LogP contribution < -0.4 is 0 Å². The molecule has 0 bridgehead atoms. The Morgan fingerprint density at radius 2 is 2.07 bits per heavy atom. The van der Waals surface area contributed by atoms with Gasteiger partial charge in [0.25, 0.3) is 0 Å². The van der Waals surface area contributed by atoms with E-state index in [0.717, 1.165) is 25.9 Å². The van der Waals surface area contributed by atoms with E-state index >= 15 is 0 Å². The molecule has 0 aliphatic carbocycles. The summed E-state index contributed by atoms with van der Waals surface area (Å²) in [5, 5.41) is 8.58. The average molecular weight is 233 g/mol. The van der Waals surface area contributed by atoms with Gasteiger partial charge in [-0.3, -0.25) is 9.00 Å². The third-order valence-corrected chi connectivity index (χ3v) is 3.95. The number of hydrogen-bond acceptors (Lipinski definition) is 3. The van der Waals surface area contributed by atoms with Gasteiger partial charge in [0.1, 0.15) is 5.75 Å². The van der Waals surface area contributed by atoms with E-state index in [2.05, 4.69) is 6.92 Å². The molecule has 1 aliphatic rings. The summed E-state index contributed by atoms with van der Waals surface area (Å²) in [6.45, 7) is 3.65. The Kier molecular flexibility index (Phi) is 5.25. The minimum atomic E-state index is -1.20. The van der Waals surface area contributed by atoms with Crippen molar-refractivity contribution in [3.63, 3.8) is 0 Å². The Hall–Kier alpha value is -0.420. The van der Waals surface area contributed by atoms with Crippen LogP contribution in [0.3, 0.4) is 0 Å². The maximum absolute atomic E-state index is 11.6. The lowest BCUT2D eigenvalue weighted by atomic mass is 9.99. The molecule has 88 valence electrons. The lowest BCUT2D eigenvalue weighted by Gasteiger charge is -2.30. The van der Waals surface area contributed by atoms with E-state index in [1.54, 1.807) is 4.90 Å². The van der Waals surface area contributed by atoms with E-state index in [1.807, 2.05) is 0 Å². The second-order valence-corrected chi connectivity index (χ2v) is 5.65. The van der Waals surface area contributed by atoms with Crippen LogP contribution in [-0.4, -0.2) is 51.3 Å². The Balaban J connectivity index is 2.31. The van der Waals surface area contributed by atoms with Crippen molar-refractivity contribution in [3.8, 4) is 0 Å². The number of rotatable bonds is 4. The summed E-state index contributed by atoms with van der Waals surface area (Å²) in [7, 11) is -1.20. The number of carbonyl (C=O) groups is 1. The highest BCUT2D eigenvalue weighted by atomic mass is 32.2. The molecule has 0 saturated carbocycles. The summed E-state index contributed by atoms with van der Waals surface area (Å²) in [5.41, 5.74) is 0. The molecule has 0 radical (unpaired) electrons. The van der Waals surface area contributed by atoms with Gasteiger partial charge in [-0.1, -0.05) is 6.92 Å². The molecule has 0 aromatic carbocycles. The quantitative estimate of drug-likeness (QED) is 0.743. The molecule has 4 nitrogen and oxygen atoms in total. The SMILES string of the molecule is CC1CCN(C(=O)CS(=O)CCO)CC1. The molecule has 1 saturated heterocycles. The topological polar surface area (TPSA) is 57.6 Å². The zero-order chi connectivity index (χ0) is 11.3. The Labute approximate surface area is 93.1 Å². The van der Waals surface area contributed by atoms with Gasteiger partial charge in [0, 0.05) is 29.6 Å². The number of hydrogen-bond donors (Lipinski definition) is 1. The van der Waals surface area contributed by atoms with Crippen LogP contribution in [0, 0.1) is 5.92 Å². The van der Waals surface area contributed by atoms with Crippen molar-refractivity contribution < 1.29 is 14.1 Å². The Morgan fingerprint density at radius 1 is 1.47 bits per heavy atom. The van der Waals surface area contributed by atoms with Gasteiger partial charge in [0.05, 0.1) is 6.61 Å². The average Bonchev–Trinajstić information content (AvgIpc) is 2.18. The smallest absolute Gasteiger partial charge is 0.235 e. The van der Waals surface area contributed by atoms with Crippen molar-refractivity contribution in [1.82, 2.24) is 4.90 Å². The van der Waals surface area contributed by atoms with E-state index in [-0.39, 0.29) is 24.0 Å². The molecular formula is C10H19NO3S. The van der Waals surface area contributed by atoms with Crippen molar-refractivity contribution in [3.05, 3.63) is 0 Å². The fourth-order valence-corrected chi connectivity index (χ4v) is 2.47. The summed E-state index contributed by atoms with van der Waals surface area (Å²) in [6.07, 6.45) is 2.08. The number of aliphatic hydroxyl groups is 1. The number of piperidine rings is 1. The number of amides is 1. The van der Waals surface area contributed by atoms with Gasteiger partial charge < -0.3 is 10.0 Å². The normalized spacial score (nSPS) is 20.3. The summed E-state index contributed by atoms with van der Waals surface area (Å²) in [6, 6.07) is 0. The zero-order valence-corrected chi connectivity index (χ0v) is 9.96. The van der Waals surface area contributed by atoms with E-state index in [0.29, 0.717) is 5.92 Å². The number of aliphatic hydroxyl groups excluding tert-OH is 1. The van der Waals surface area contributed by atoms with Gasteiger partial charge in [0.2, 0.25) is 5.91 Å². The van der Waals surface area contributed by atoms with Gasteiger partial charge in [-0.25, -0.2) is 0 Å². The minimum Gasteiger partial charge on any atom is -0.395 e. The van der Waals surface area contributed by atoms with Gasteiger partial charge in [-0.2, -0.15) is 0 Å². The summed E-state index contributed by atoms with van der Waals surface area (Å²) < 4.78 is 11.3.